The van der Waals surface area contributed by atoms with Gasteiger partial charge in [-0.25, -0.2) is 9.37 Å². The summed E-state index contributed by atoms with van der Waals surface area (Å²) in [5, 5.41) is 7.18. The number of halogens is 1. The summed E-state index contributed by atoms with van der Waals surface area (Å²) in [7, 11) is 0. The molecule has 28 heavy (non-hydrogen) atoms. The van der Waals surface area contributed by atoms with E-state index < -0.39 is 17.8 Å². The predicted molar refractivity (Wildman–Crippen MR) is 101 cm³/mol. The van der Waals surface area contributed by atoms with Crippen molar-refractivity contribution in [3.05, 3.63) is 53.1 Å². The fourth-order valence-electron chi connectivity index (χ4n) is 3.55. The number of hydrogen-bond donors (Lipinski definition) is 1. The molecular weight excluding hydrogens is 363 g/mol. The Morgan fingerprint density at radius 1 is 1.32 bits per heavy atom. The molecule has 8 heteroatoms. The van der Waals surface area contributed by atoms with E-state index in [2.05, 4.69) is 15.5 Å². The molecular formula is C20H19FN4O3. The van der Waals surface area contributed by atoms with Gasteiger partial charge in [-0.3, -0.25) is 9.59 Å². The molecule has 2 aromatic heterocycles. The van der Waals surface area contributed by atoms with Gasteiger partial charge in [0.1, 0.15) is 11.9 Å². The number of aryl methyl sites for hydroxylation is 2. The number of pyridine rings is 1. The van der Waals surface area contributed by atoms with Gasteiger partial charge >= 0.3 is 0 Å². The molecule has 3 heterocycles. The first kappa shape index (κ1) is 18.1. The van der Waals surface area contributed by atoms with Crippen molar-refractivity contribution in [1.82, 2.24) is 15.5 Å². The van der Waals surface area contributed by atoms with Gasteiger partial charge < -0.3 is 14.7 Å². The van der Waals surface area contributed by atoms with Crippen LogP contribution in [0.25, 0.3) is 11.1 Å². The first-order valence-corrected chi connectivity index (χ1v) is 9.06. The molecule has 0 spiro atoms. The van der Waals surface area contributed by atoms with Crippen LogP contribution in [0.3, 0.4) is 0 Å². The number of anilines is 1. The number of piperidine rings is 1. The number of nitrogens with zero attached hydrogens (tertiary/aromatic N) is 3. The molecule has 7 nitrogen and oxygen atoms in total. The molecule has 1 atom stereocenters. The van der Waals surface area contributed by atoms with Gasteiger partial charge in [-0.2, -0.15) is 0 Å². The molecule has 0 unspecified atom stereocenters. The molecule has 0 aliphatic carbocycles. The Kier molecular flexibility index (Phi) is 4.54. The van der Waals surface area contributed by atoms with Crippen LogP contribution in [0.4, 0.5) is 10.1 Å². The van der Waals surface area contributed by atoms with Crippen molar-refractivity contribution in [3.8, 4) is 0 Å². The van der Waals surface area contributed by atoms with E-state index in [1.807, 2.05) is 0 Å². The third-order valence-corrected chi connectivity index (χ3v) is 4.88. The van der Waals surface area contributed by atoms with Crippen molar-refractivity contribution >= 4 is 28.6 Å². The maximum atomic E-state index is 14.1. The van der Waals surface area contributed by atoms with Crippen LogP contribution in [0.15, 0.2) is 34.9 Å². The molecule has 0 radical (unpaired) electrons. The van der Waals surface area contributed by atoms with E-state index in [-0.39, 0.29) is 17.3 Å². The lowest BCUT2D eigenvalue weighted by atomic mass is 10.0. The maximum absolute atomic E-state index is 14.1. The summed E-state index contributed by atoms with van der Waals surface area (Å²) < 4.78 is 19.3. The van der Waals surface area contributed by atoms with Crippen molar-refractivity contribution in [2.24, 2.45) is 0 Å². The molecule has 2 amide bonds. The minimum atomic E-state index is -0.732. The Morgan fingerprint density at radius 3 is 2.89 bits per heavy atom. The molecule has 1 aromatic carbocycles. The highest BCUT2D eigenvalue weighted by atomic mass is 19.1. The first-order valence-electron chi connectivity index (χ1n) is 9.06. The fourth-order valence-corrected chi connectivity index (χ4v) is 3.55. The molecule has 1 fully saturated rings. The van der Waals surface area contributed by atoms with Crippen LogP contribution >= 0.6 is 0 Å². The number of amides is 2. The van der Waals surface area contributed by atoms with Crippen molar-refractivity contribution in [1.29, 1.82) is 0 Å². The molecule has 3 aromatic rings. The number of fused-ring (bicyclic) bond motifs is 1. The maximum Gasteiger partial charge on any atom is 0.258 e. The van der Waals surface area contributed by atoms with E-state index in [4.69, 9.17) is 4.52 Å². The summed E-state index contributed by atoms with van der Waals surface area (Å²) in [6.07, 6.45) is 1.15. The molecule has 1 N–H and O–H groups in total. The molecule has 0 bridgehead atoms. The number of aromatic nitrogens is 2. The second-order valence-electron chi connectivity index (χ2n) is 6.87. The second kappa shape index (κ2) is 7.03. The zero-order valence-corrected chi connectivity index (χ0v) is 15.5. The van der Waals surface area contributed by atoms with Crippen LogP contribution in [0, 0.1) is 19.7 Å². The number of rotatable bonds is 3. The topological polar surface area (TPSA) is 88.3 Å². The summed E-state index contributed by atoms with van der Waals surface area (Å²) in [4.78, 5) is 31.5. The van der Waals surface area contributed by atoms with Crippen LogP contribution in [0.1, 0.15) is 34.6 Å². The Hall–Kier alpha value is -3.29. The third kappa shape index (κ3) is 3.11. The van der Waals surface area contributed by atoms with Gasteiger partial charge in [0.2, 0.25) is 5.91 Å². The van der Waals surface area contributed by atoms with Crippen molar-refractivity contribution in [2.45, 2.75) is 32.7 Å². The van der Waals surface area contributed by atoms with Crippen LogP contribution in [-0.2, 0) is 4.79 Å². The Labute approximate surface area is 160 Å². The van der Waals surface area contributed by atoms with E-state index in [1.165, 1.54) is 11.0 Å². The van der Waals surface area contributed by atoms with Crippen LogP contribution in [0.2, 0.25) is 0 Å². The van der Waals surface area contributed by atoms with Crippen molar-refractivity contribution < 1.29 is 18.5 Å². The Morgan fingerprint density at radius 2 is 2.11 bits per heavy atom. The van der Waals surface area contributed by atoms with E-state index in [9.17, 15) is 14.0 Å². The highest BCUT2D eigenvalue weighted by Crippen LogP contribution is 2.25. The van der Waals surface area contributed by atoms with Gasteiger partial charge in [0, 0.05) is 12.2 Å². The van der Waals surface area contributed by atoms with Gasteiger partial charge in [0.25, 0.3) is 11.6 Å². The number of carbonyl (C=O) groups excluding carboxylic acids is 2. The monoisotopic (exact) mass is 382 g/mol. The van der Waals surface area contributed by atoms with Gasteiger partial charge in [0.05, 0.1) is 22.3 Å². The smallest absolute Gasteiger partial charge is 0.258 e. The van der Waals surface area contributed by atoms with Gasteiger partial charge in [0.15, 0.2) is 0 Å². The molecule has 0 saturated carbocycles. The average molecular weight is 382 g/mol. The van der Waals surface area contributed by atoms with Crippen LogP contribution in [-0.4, -0.2) is 34.5 Å². The Balaban J connectivity index is 1.61. The first-order chi connectivity index (χ1) is 13.5. The second-order valence-corrected chi connectivity index (χ2v) is 6.87. The number of carbonyl (C=O) groups is 2. The predicted octanol–water partition coefficient (Wildman–Crippen LogP) is 2.90. The van der Waals surface area contributed by atoms with Gasteiger partial charge in [-0.15, -0.1) is 0 Å². The van der Waals surface area contributed by atoms with Crippen LogP contribution < -0.4 is 10.2 Å². The minimum Gasteiger partial charge on any atom is -0.340 e. The normalized spacial score (nSPS) is 17.2. The highest BCUT2D eigenvalue weighted by molar-refractivity contribution is 6.08. The largest absolute Gasteiger partial charge is 0.340 e. The fraction of sp³-hybridized carbons (Fsp3) is 0.300. The summed E-state index contributed by atoms with van der Waals surface area (Å²) in [5.74, 6) is -1.20. The summed E-state index contributed by atoms with van der Waals surface area (Å²) in [6.45, 7) is 3.89. The summed E-state index contributed by atoms with van der Waals surface area (Å²) in [5.41, 5.74) is 2.03. The van der Waals surface area contributed by atoms with E-state index >= 15 is 0 Å². The zero-order valence-electron chi connectivity index (χ0n) is 15.5. The van der Waals surface area contributed by atoms with E-state index in [0.717, 1.165) is 0 Å². The molecule has 4 rings (SSSR count). The number of nitrogens with one attached hydrogen (secondary N) is 1. The number of hydrogen-bond acceptors (Lipinski definition) is 5. The lowest BCUT2D eigenvalue weighted by molar-refractivity contribution is -0.121. The van der Waals surface area contributed by atoms with Gasteiger partial charge in [-0.05, 0) is 44.9 Å². The highest BCUT2D eigenvalue weighted by Gasteiger charge is 2.32. The lowest BCUT2D eigenvalue weighted by Gasteiger charge is -2.32. The molecule has 1 aliphatic rings. The number of benzene rings is 1. The quantitative estimate of drug-likeness (QED) is 0.752. The molecule has 1 saturated heterocycles. The lowest BCUT2D eigenvalue weighted by Crippen LogP contribution is -2.52. The Bertz CT molecular complexity index is 1080. The third-order valence-electron chi connectivity index (χ3n) is 4.88. The molecule has 1 aliphatic heterocycles. The van der Waals surface area contributed by atoms with Crippen molar-refractivity contribution in [2.75, 3.05) is 11.4 Å². The zero-order chi connectivity index (χ0) is 19.8. The summed E-state index contributed by atoms with van der Waals surface area (Å²) in [6, 6.07) is 7.04. The average Bonchev–Trinajstić information content (AvgIpc) is 3.04. The SMILES string of the molecule is Cc1cc(C(=O)N[C@@H]2CCCN(c3ccccc3F)C2=O)c2c(C)noc2n1. The van der Waals surface area contributed by atoms with E-state index in [0.29, 0.717) is 41.7 Å². The van der Waals surface area contributed by atoms with E-state index in [1.54, 1.807) is 38.1 Å². The standard InChI is InChI=1S/C20H19FN4O3/c1-11-10-13(17-12(2)24-28-19(17)22-11)18(26)23-15-7-5-9-25(20(15)27)16-8-4-3-6-14(16)21/h3-4,6,8,10,15H,5,7,9H2,1-2H3,(H,23,26)/t15-/m1/s1. The minimum absolute atomic E-state index is 0.225. The number of para-hydroxylation sites is 1. The molecule has 144 valence electrons. The van der Waals surface area contributed by atoms with Gasteiger partial charge in [-0.1, -0.05) is 17.3 Å². The van der Waals surface area contributed by atoms with Crippen molar-refractivity contribution in [3.63, 3.8) is 0 Å². The van der Waals surface area contributed by atoms with Crippen LogP contribution in [0.5, 0.6) is 0 Å². The summed E-state index contributed by atoms with van der Waals surface area (Å²) >= 11 is 0.